The Balaban J connectivity index is 1.90. The Morgan fingerprint density at radius 3 is 2.55 bits per heavy atom. The Kier molecular flexibility index (Phi) is 4.64. The molecule has 0 spiro atoms. The van der Waals surface area contributed by atoms with E-state index in [1.54, 1.807) is 7.11 Å². The molecule has 0 saturated carbocycles. The topological polar surface area (TPSA) is 24.5 Å². The monoisotopic (exact) mass is 296 g/mol. The molecule has 1 aliphatic rings. The second-order valence-electron chi connectivity index (χ2n) is 5.83. The van der Waals surface area contributed by atoms with Crippen LogP contribution < -0.4 is 15.0 Å². The molecule has 3 heteroatoms. The molecule has 1 saturated heterocycles. The summed E-state index contributed by atoms with van der Waals surface area (Å²) in [4.78, 5) is 2.36. The van der Waals surface area contributed by atoms with Gasteiger partial charge in [0.2, 0.25) is 0 Å². The molecule has 2 aromatic carbocycles. The second kappa shape index (κ2) is 6.84. The van der Waals surface area contributed by atoms with Gasteiger partial charge in [0.1, 0.15) is 5.75 Å². The van der Waals surface area contributed by atoms with E-state index >= 15 is 0 Å². The van der Waals surface area contributed by atoms with Crippen LogP contribution in [0.4, 0.5) is 5.69 Å². The molecule has 1 heterocycles. The van der Waals surface area contributed by atoms with E-state index in [-0.39, 0.29) is 0 Å². The van der Waals surface area contributed by atoms with E-state index in [1.165, 1.54) is 18.4 Å². The number of benzene rings is 2. The quantitative estimate of drug-likeness (QED) is 0.932. The molecule has 2 atom stereocenters. The number of hydrogen-bond donors (Lipinski definition) is 1. The number of piperidine rings is 1. The summed E-state index contributed by atoms with van der Waals surface area (Å²) >= 11 is 0. The molecule has 1 aliphatic heterocycles. The van der Waals surface area contributed by atoms with Gasteiger partial charge < -0.3 is 15.0 Å². The van der Waals surface area contributed by atoms with E-state index in [4.69, 9.17) is 4.74 Å². The molecule has 2 unspecified atom stereocenters. The summed E-state index contributed by atoms with van der Waals surface area (Å²) in [7, 11) is 3.91. The molecular weight excluding hydrogens is 272 g/mol. The third kappa shape index (κ3) is 2.95. The van der Waals surface area contributed by atoms with Crippen molar-refractivity contribution in [1.29, 1.82) is 0 Å². The molecule has 3 rings (SSSR count). The number of likely N-dealkylation sites (N-methyl/N-ethyl adjacent to an activating group) is 1. The number of hydrogen-bond acceptors (Lipinski definition) is 3. The van der Waals surface area contributed by atoms with Crippen LogP contribution in [0.25, 0.3) is 0 Å². The maximum absolute atomic E-state index is 5.54. The first kappa shape index (κ1) is 14.9. The van der Waals surface area contributed by atoms with Crippen LogP contribution >= 0.6 is 0 Å². The lowest BCUT2D eigenvalue weighted by atomic mass is 9.91. The number of rotatable bonds is 4. The van der Waals surface area contributed by atoms with Crippen molar-refractivity contribution in [3.63, 3.8) is 0 Å². The van der Waals surface area contributed by atoms with E-state index in [1.807, 2.05) is 12.1 Å². The van der Waals surface area contributed by atoms with Crippen molar-refractivity contribution in [2.24, 2.45) is 0 Å². The largest absolute Gasteiger partial charge is 0.495 e. The molecule has 0 amide bonds. The molecule has 3 nitrogen and oxygen atoms in total. The van der Waals surface area contributed by atoms with Crippen LogP contribution in [0.3, 0.4) is 0 Å². The van der Waals surface area contributed by atoms with Crippen molar-refractivity contribution < 1.29 is 4.74 Å². The molecule has 1 N–H and O–H groups in total. The second-order valence-corrected chi connectivity index (χ2v) is 5.83. The SMILES string of the molecule is COc1ccccc1N(C)C1CCCNC1c1ccccc1. The van der Waals surface area contributed by atoms with Gasteiger partial charge in [-0.05, 0) is 37.1 Å². The third-order valence-electron chi connectivity index (χ3n) is 4.55. The van der Waals surface area contributed by atoms with Gasteiger partial charge in [0.15, 0.2) is 0 Å². The molecule has 1 fully saturated rings. The number of ether oxygens (including phenoxy) is 1. The molecule has 0 radical (unpaired) electrons. The van der Waals surface area contributed by atoms with Gasteiger partial charge in [0, 0.05) is 13.1 Å². The molecule has 0 bridgehead atoms. The minimum Gasteiger partial charge on any atom is -0.495 e. The number of nitrogens with zero attached hydrogens (tertiary/aromatic N) is 1. The van der Waals surface area contributed by atoms with Crippen molar-refractivity contribution in [2.45, 2.75) is 24.9 Å². The molecule has 22 heavy (non-hydrogen) atoms. The van der Waals surface area contributed by atoms with Crippen molar-refractivity contribution in [1.82, 2.24) is 5.32 Å². The lowest BCUT2D eigenvalue weighted by molar-refractivity contribution is 0.344. The van der Waals surface area contributed by atoms with Gasteiger partial charge in [0.05, 0.1) is 18.8 Å². The average Bonchev–Trinajstić information content (AvgIpc) is 2.62. The highest BCUT2D eigenvalue weighted by atomic mass is 16.5. The van der Waals surface area contributed by atoms with Gasteiger partial charge in [-0.25, -0.2) is 0 Å². The average molecular weight is 296 g/mol. The predicted octanol–water partition coefficient (Wildman–Crippen LogP) is 3.62. The first-order valence-electron chi connectivity index (χ1n) is 7.95. The summed E-state index contributed by atoms with van der Waals surface area (Å²) in [6, 6.07) is 19.8. The summed E-state index contributed by atoms with van der Waals surface area (Å²) < 4.78 is 5.54. The van der Waals surface area contributed by atoms with Crippen molar-refractivity contribution in [2.75, 3.05) is 25.6 Å². The van der Waals surface area contributed by atoms with E-state index in [9.17, 15) is 0 Å². The standard InChI is InChI=1S/C19H24N2O/c1-21(16-11-6-7-13-18(16)22-2)17-12-8-14-20-19(17)15-9-4-3-5-10-15/h3-7,9-11,13,17,19-20H,8,12,14H2,1-2H3. The minimum atomic E-state index is 0.352. The van der Waals surface area contributed by atoms with Crippen molar-refractivity contribution in [3.8, 4) is 5.75 Å². The van der Waals surface area contributed by atoms with Crippen LogP contribution in [-0.4, -0.2) is 26.7 Å². The van der Waals surface area contributed by atoms with Crippen molar-refractivity contribution >= 4 is 5.69 Å². The lowest BCUT2D eigenvalue weighted by Crippen LogP contribution is -2.47. The van der Waals surface area contributed by atoms with Crippen molar-refractivity contribution in [3.05, 3.63) is 60.2 Å². The molecule has 116 valence electrons. The Morgan fingerprint density at radius 1 is 1.05 bits per heavy atom. The van der Waals surface area contributed by atoms with Crippen LogP contribution in [0.5, 0.6) is 5.75 Å². The fourth-order valence-electron chi connectivity index (χ4n) is 3.39. The summed E-state index contributed by atoms with van der Waals surface area (Å²) in [6.45, 7) is 1.08. The van der Waals surface area contributed by atoms with Crippen LogP contribution in [0.1, 0.15) is 24.4 Å². The van der Waals surface area contributed by atoms with E-state index in [0.29, 0.717) is 12.1 Å². The van der Waals surface area contributed by atoms with Gasteiger partial charge in [-0.15, -0.1) is 0 Å². The Hall–Kier alpha value is -2.00. The highest BCUT2D eigenvalue weighted by Crippen LogP contribution is 2.34. The van der Waals surface area contributed by atoms with E-state index in [0.717, 1.165) is 18.0 Å². The highest BCUT2D eigenvalue weighted by Gasteiger charge is 2.30. The van der Waals surface area contributed by atoms with Gasteiger partial charge in [-0.3, -0.25) is 0 Å². The number of anilines is 1. The highest BCUT2D eigenvalue weighted by molar-refractivity contribution is 5.59. The summed E-state index contributed by atoms with van der Waals surface area (Å²) in [6.07, 6.45) is 2.38. The molecule has 0 aromatic heterocycles. The maximum atomic E-state index is 5.54. The van der Waals surface area contributed by atoms with Gasteiger partial charge in [-0.2, -0.15) is 0 Å². The van der Waals surface area contributed by atoms with Gasteiger partial charge in [-0.1, -0.05) is 42.5 Å². The zero-order valence-corrected chi connectivity index (χ0v) is 13.3. The fraction of sp³-hybridized carbons (Fsp3) is 0.368. The van der Waals surface area contributed by atoms with Crippen LogP contribution in [0.2, 0.25) is 0 Å². The fourth-order valence-corrected chi connectivity index (χ4v) is 3.39. The Morgan fingerprint density at radius 2 is 1.77 bits per heavy atom. The number of para-hydroxylation sites is 2. The lowest BCUT2D eigenvalue weighted by Gasteiger charge is -2.40. The first-order chi connectivity index (χ1) is 10.8. The maximum Gasteiger partial charge on any atom is 0.142 e. The van der Waals surface area contributed by atoms with Gasteiger partial charge >= 0.3 is 0 Å². The van der Waals surface area contributed by atoms with Crippen LogP contribution in [0, 0.1) is 0 Å². The zero-order valence-electron chi connectivity index (χ0n) is 13.3. The third-order valence-corrected chi connectivity index (χ3v) is 4.55. The Labute approximate surface area is 132 Å². The normalized spacial score (nSPS) is 21.4. The van der Waals surface area contributed by atoms with E-state index < -0.39 is 0 Å². The molecule has 0 aliphatic carbocycles. The Bertz CT molecular complexity index is 599. The molecule has 2 aromatic rings. The molecular formula is C19H24N2O. The summed E-state index contributed by atoms with van der Waals surface area (Å²) in [5.41, 5.74) is 2.51. The van der Waals surface area contributed by atoms with Gasteiger partial charge in [0.25, 0.3) is 0 Å². The summed E-state index contributed by atoms with van der Waals surface area (Å²) in [5, 5.41) is 3.69. The first-order valence-corrected chi connectivity index (χ1v) is 7.95. The van der Waals surface area contributed by atoms with E-state index in [2.05, 4.69) is 59.7 Å². The predicted molar refractivity (Wildman–Crippen MR) is 91.6 cm³/mol. The summed E-state index contributed by atoms with van der Waals surface area (Å²) in [5.74, 6) is 0.933. The van der Waals surface area contributed by atoms with Crippen LogP contribution in [-0.2, 0) is 0 Å². The number of methoxy groups -OCH3 is 1. The zero-order chi connectivity index (χ0) is 15.4. The van der Waals surface area contributed by atoms with Crippen LogP contribution in [0.15, 0.2) is 54.6 Å². The minimum absolute atomic E-state index is 0.352. The number of nitrogens with one attached hydrogen (secondary N) is 1. The smallest absolute Gasteiger partial charge is 0.142 e.